The van der Waals surface area contributed by atoms with Crippen LogP contribution in [0.5, 0.6) is 5.75 Å². The fourth-order valence-corrected chi connectivity index (χ4v) is 3.07. The molecule has 1 fully saturated rings. The van der Waals surface area contributed by atoms with E-state index in [1.54, 1.807) is 6.08 Å². The van der Waals surface area contributed by atoms with Crippen LogP contribution in [-0.4, -0.2) is 17.6 Å². The molecule has 0 bridgehead atoms. The number of hydrogen-bond donors (Lipinski definition) is 1. The van der Waals surface area contributed by atoms with Crippen LogP contribution in [0.4, 0.5) is 5.69 Å². The molecule has 24 heavy (non-hydrogen) atoms. The van der Waals surface area contributed by atoms with E-state index in [0.717, 1.165) is 15.8 Å². The number of nitrogens with zero attached hydrogens (tertiary/aromatic N) is 1. The predicted octanol–water partition coefficient (Wildman–Crippen LogP) is 4.11. The van der Waals surface area contributed by atoms with Crippen molar-refractivity contribution >= 4 is 50.9 Å². The maximum atomic E-state index is 12.7. The molecule has 1 saturated heterocycles. The monoisotopic (exact) mass is 402 g/mol. The maximum absolute atomic E-state index is 12.7. The molecule has 122 valence electrons. The van der Waals surface area contributed by atoms with Gasteiger partial charge in [0.15, 0.2) is 5.11 Å². The van der Waals surface area contributed by atoms with E-state index in [1.807, 2.05) is 55.5 Å². The van der Waals surface area contributed by atoms with Crippen molar-refractivity contribution < 1.29 is 9.53 Å². The maximum Gasteiger partial charge on any atom is 0.281 e. The molecule has 0 radical (unpaired) electrons. The van der Waals surface area contributed by atoms with E-state index in [1.165, 1.54) is 4.90 Å². The van der Waals surface area contributed by atoms with Gasteiger partial charge in [-0.1, -0.05) is 34.1 Å². The van der Waals surface area contributed by atoms with Gasteiger partial charge in [-0.25, -0.2) is 0 Å². The normalized spacial score (nSPS) is 15.8. The Bertz CT molecular complexity index is 818. The van der Waals surface area contributed by atoms with Gasteiger partial charge in [0.2, 0.25) is 0 Å². The van der Waals surface area contributed by atoms with Crippen LogP contribution in [0.1, 0.15) is 12.5 Å². The standard InChI is InChI=1S/C18H15BrN2O2S/c1-2-23-14-9-7-13(8-10-14)21-17(22)16(20-18(21)24)11-12-5-3-4-6-15(12)19/h3-11H,2H2,1H3,(H,20,24)/b16-11+. The van der Waals surface area contributed by atoms with Gasteiger partial charge in [-0.2, -0.15) is 0 Å². The SMILES string of the molecule is CCOc1ccc(N2C(=O)/C(=C\c3ccccc3Br)NC2=S)cc1. The van der Waals surface area contributed by atoms with Crippen LogP contribution >= 0.6 is 28.1 Å². The number of ether oxygens (including phenoxy) is 1. The molecule has 3 rings (SSSR count). The summed E-state index contributed by atoms with van der Waals surface area (Å²) in [6.45, 7) is 2.52. The second-order valence-corrected chi connectivity index (χ2v) is 6.32. The number of carbonyl (C=O) groups is 1. The van der Waals surface area contributed by atoms with Crippen LogP contribution < -0.4 is 15.0 Å². The van der Waals surface area contributed by atoms with Crippen LogP contribution in [0.25, 0.3) is 6.08 Å². The summed E-state index contributed by atoms with van der Waals surface area (Å²) >= 11 is 8.80. The van der Waals surface area contributed by atoms with E-state index in [0.29, 0.717) is 23.1 Å². The Hall–Kier alpha value is -2.18. The quantitative estimate of drug-likeness (QED) is 0.616. The first-order valence-corrected chi connectivity index (χ1v) is 8.65. The van der Waals surface area contributed by atoms with E-state index in [-0.39, 0.29) is 5.91 Å². The second-order valence-electron chi connectivity index (χ2n) is 5.08. The van der Waals surface area contributed by atoms with Crippen molar-refractivity contribution in [2.45, 2.75) is 6.92 Å². The minimum absolute atomic E-state index is 0.181. The van der Waals surface area contributed by atoms with E-state index in [4.69, 9.17) is 17.0 Å². The van der Waals surface area contributed by atoms with Gasteiger partial charge in [0.1, 0.15) is 11.4 Å². The molecule has 0 spiro atoms. The Kier molecular flexibility index (Phi) is 4.97. The summed E-state index contributed by atoms with van der Waals surface area (Å²) in [6.07, 6.45) is 1.78. The van der Waals surface area contributed by atoms with Crippen molar-refractivity contribution in [1.29, 1.82) is 0 Å². The van der Waals surface area contributed by atoms with Gasteiger partial charge in [-0.15, -0.1) is 0 Å². The molecule has 0 saturated carbocycles. The molecule has 0 unspecified atom stereocenters. The van der Waals surface area contributed by atoms with Gasteiger partial charge in [0.25, 0.3) is 5.91 Å². The number of amides is 1. The molecule has 2 aromatic rings. The molecule has 1 heterocycles. The number of rotatable bonds is 4. The Balaban J connectivity index is 1.88. The molecule has 1 amide bonds. The lowest BCUT2D eigenvalue weighted by molar-refractivity contribution is -0.113. The number of halogens is 1. The van der Waals surface area contributed by atoms with Crippen LogP contribution in [0.15, 0.2) is 58.7 Å². The van der Waals surface area contributed by atoms with Crippen LogP contribution in [0, 0.1) is 0 Å². The molecule has 0 aromatic heterocycles. The Labute approximate surface area is 154 Å². The van der Waals surface area contributed by atoms with Crippen molar-refractivity contribution in [2.75, 3.05) is 11.5 Å². The number of anilines is 1. The van der Waals surface area contributed by atoms with Gasteiger partial charge >= 0.3 is 0 Å². The third-order valence-corrected chi connectivity index (χ3v) is 4.50. The molecule has 1 N–H and O–H groups in total. The van der Waals surface area contributed by atoms with Gasteiger partial charge < -0.3 is 10.1 Å². The molecule has 2 aromatic carbocycles. The van der Waals surface area contributed by atoms with Crippen LogP contribution in [-0.2, 0) is 4.79 Å². The first-order valence-electron chi connectivity index (χ1n) is 7.44. The summed E-state index contributed by atoms with van der Waals surface area (Å²) in [5, 5.41) is 3.35. The highest BCUT2D eigenvalue weighted by molar-refractivity contribution is 9.10. The Morgan fingerprint density at radius 1 is 1.21 bits per heavy atom. The highest BCUT2D eigenvalue weighted by atomic mass is 79.9. The lowest BCUT2D eigenvalue weighted by Crippen LogP contribution is -2.30. The first-order chi connectivity index (χ1) is 11.6. The summed E-state index contributed by atoms with van der Waals surface area (Å²) in [6, 6.07) is 15.0. The van der Waals surface area contributed by atoms with Gasteiger partial charge in [-0.05, 0) is 61.1 Å². The number of benzene rings is 2. The lowest BCUT2D eigenvalue weighted by Gasteiger charge is -2.14. The lowest BCUT2D eigenvalue weighted by atomic mass is 10.2. The average Bonchev–Trinajstić information content (AvgIpc) is 2.85. The van der Waals surface area contributed by atoms with Crippen LogP contribution in [0.2, 0.25) is 0 Å². The van der Waals surface area contributed by atoms with Gasteiger partial charge in [0.05, 0.1) is 12.3 Å². The highest BCUT2D eigenvalue weighted by Crippen LogP contribution is 2.26. The largest absolute Gasteiger partial charge is 0.494 e. The van der Waals surface area contributed by atoms with E-state index >= 15 is 0 Å². The molecule has 0 aliphatic carbocycles. The molecule has 4 nitrogen and oxygen atoms in total. The number of thiocarbonyl (C=S) groups is 1. The highest BCUT2D eigenvalue weighted by Gasteiger charge is 2.32. The summed E-state index contributed by atoms with van der Waals surface area (Å²) < 4.78 is 6.34. The minimum atomic E-state index is -0.181. The van der Waals surface area contributed by atoms with Crippen molar-refractivity contribution in [3.05, 3.63) is 64.3 Å². The smallest absolute Gasteiger partial charge is 0.281 e. The molecule has 6 heteroatoms. The molecule has 0 atom stereocenters. The molecular formula is C18H15BrN2O2S. The third kappa shape index (κ3) is 3.34. The topological polar surface area (TPSA) is 41.6 Å². The first kappa shape index (κ1) is 16.7. The van der Waals surface area contributed by atoms with Crippen molar-refractivity contribution in [2.24, 2.45) is 0 Å². The average molecular weight is 403 g/mol. The summed E-state index contributed by atoms with van der Waals surface area (Å²) in [7, 11) is 0. The fourth-order valence-electron chi connectivity index (χ4n) is 2.38. The fraction of sp³-hybridized carbons (Fsp3) is 0.111. The van der Waals surface area contributed by atoms with E-state index in [2.05, 4.69) is 21.2 Å². The molecule has 1 aliphatic rings. The van der Waals surface area contributed by atoms with Crippen molar-refractivity contribution in [1.82, 2.24) is 5.32 Å². The zero-order valence-corrected chi connectivity index (χ0v) is 15.4. The van der Waals surface area contributed by atoms with Crippen molar-refractivity contribution in [3.8, 4) is 5.75 Å². The minimum Gasteiger partial charge on any atom is -0.494 e. The summed E-state index contributed by atoms with van der Waals surface area (Å²) in [4.78, 5) is 14.2. The van der Waals surface area contributed by atoms with E-state index < -0.39 is 0 Å². The summed E-state index contributed by atoms with van der Waals surface area (Å²) in [5.74, 6) is 0.579. The van der Waals surface area contributed by atoms with Crippen molar-refractivity contribution in [3.63, 3.8) is 0 Å². The number of nitrogens with one attached hydrogen (secondary N) is 1. The van der Waals surface area contributed by atoms with E-state index in [9.17, 15) is 4.79 Å². The number of carbonyl (C=O) groups excluding carboxylic acids is 1. The molecular weight excluding hydrogens is 388 g/mol. The zero-order chi connectivity index (χ0) is 17.1. The predicted molar refractivity (Wildman–Crippen MR) is 103 cm³/mol. The van der Waals surface area contributed by atoms with Gasteiger partial charge in [0, 0.05) is 4.47 Å². The van der Waals surface area contributed by atoms with Gasteiger partial charge in [-0.3, -0.25) is 9.69 Å². The Morgan fingerprint density at radius 2 is 1.92 bits per heavy atom. The molecule has 1 aliphatic heterocycles. The third-order valence-electron chi connectivity index (χ3n) is 3.49. The Morgan fingerprint density at radius 3 is 2.58 bits per heavy atom. The second kappa shape index (κ2) is 7.15. The summed E-state index contributed by atoms with van der Waals surface area (Å²) in [5.41, 5.74) is 2.06. The number of hydrogen-bond acceptors (Lipinski definition) is 3. The zero-order valence-electron chi connectivity index (χ0n) is 13.0. The van der Waals surface area contributed by atoms with Crippen LogP contribution in [0.3, 0.4) is 0 Å².